The van der Waals surface area contributed by atoms with Crippen LogP contribution in [0.3, 0.4) is 0 Å². The molecule has 1 unspecified atom stereocenters. The number of ether oxygens (including phenoxy) is 1. The van der Waals surface area contributed by atoms with Gasteiger partial charge in [-0.2, -0.15) is 5.26 Å². The minimum atomic E-state index is -0.0661. The highest BCUT2D eigenvalue weighted by Crippen LogP contribution is 2.16. The minimum Gasteiger partial charge on any atom is -0.492 e. The molecule has 1 rings (SSSR count). The van der Waals surface area contributed by atoms with Gasteiger partial charge in [-0.05, 0) is 31.2 Å². The fourth-order valence-electron chi connectivity index (χ4n) is 0.789. The average Bonchev–Trinajstić information content (AvgIpc) is 2.16. The van der Waals surface area contributed by atoms with E-state index in [0.717, 1.165) is 10.2 Å². The monoisotopic (exact) mass is 239 g/mol. The van der Waals surface area contributed by atoms with Gasteiger partial charge in [-0.3, -0.25) is 0 Å². The molecule has 1 atom stereocenters. The lowest BCUT2D eigenvalue weighted by atomic mass is 10.2. The summed E-state index contributed by atoms with van der Waals surface area (Å²) in [7, 11) is 0. The first-order valence-corrected chi connectivity index (χ1v) is 4.79. The first kappa shape index (κ1) is 10.1. The second-order valence-corrected chi connectivity index (χ2v) is 3.71. The van der Waals surface area contributed by atoms with Crippen molar-refractivity contribution >= 4 is 15.9 Å². The van der Waals surface area contributed by atoms with Gasteiger partial charge < -0.3 is 4.74 Å². The van der Waals surface area contributed by atoms with E-state index in [-0.39, 0.29) is 5.92 Å². The summed E-state index contributed by atoms with van der Waals surface area (Å²) in [6.07, 6.45) is 0. The van der Waals surface area contributed by atoms with Crippen LogP contribution in [0.5, 0.6) is 5.75 Å². The van der Waals surface area contributed by atoms with Crippen molar-refractivity contribution in [2.75, 3.05) is 6.61 Å². The van der Waals surface area contributed by atoms with Crippen LogP contribution in [0, 0.1) is 17.2 Å². The van der Waals surface area contributed by atoms with Crippen molar-refractivity contribution in [1.29, 1.82) is 5.26 Å². The van der Waals surface area contributed by atoms with Gasteiger partial charge in [-0.1, -0.05) is 15.9 Å². The molecule has 0 fully saturated rings. The number of hydrogen-bond donors (Lipinski definition) is 0. The minimum absolute atomic E-state index is 0.0661. The third-order valence-corrected chi connectivity index (χ3v) is 2.06. The van der Waals surface area contributed by atoms with Crippen molar-refractivity contribution in [3.05, 3.63) is 28.7 Å². The van der Waals surface area contributed by atoms with Crippen molar-refractivity contribution in [2.24, 2.45) is 5.92 Å². The molecule has 1 aromatic carbocycles. The van der Waals surface area contributed by atoms with E-state index in [9.17, 15) is 0 Å². The first-order chi connectivity index (χ1) is 6.22. The molecule has 0 aliphatic heterocycles. The third kappa shape index (κ3) is 3.47. The molecule has 0 saturated heterocycles. The number of benzene rings is 1. The third-order valence-electron chi connectivity index (χ3n) is 1.53. The van der Waals surface area contributed by atoms with Gasteiger partial charge in [0.25, 0.3) is 0 Å². The number of hydrogen-bond acceptors (Lipinski definition) is 2. The summed E-state index contributed by atoms with van der Waals surface area (Å²) in [6, 6.07) is 9.67. The molecule has 3 heteroatoms. The van der Waals surface area contributed by atoms with E-state index in [1.165, 1.54) is 0 Å². The van der Waals surface area contributed by atoms with E-state index in [0.29, 0.717) is 6.61 Å². The Morgan fingerprint density at radius 3 is 2.62 bits per heavy atom. The quantitative estimate of drug-likeness (QED) is 0.813. The second-order valence-electron chi connectivity index (χ2n) is 2.80. The van der Waals surface area contributed by atoms with Crippen LogP contribution in [0.1, 0.15) is 6.92 Å². The summed E-state index contributed by atoms with van der Waals surface area (Å²) in [5.74, 6) is 0.731. The van der Waals surface area contributed by atoms with Crippen molar-refractivity contribution in [3.8, 4) is 11.8 Å². The molecule has 0 aliphatic carbocycles. The molecular formula is C10H10BrNO. The molecule has 0 bridgehead atoms. The van der Waals surface area contributed by atoms with Gasteiger partial charge >= 0.3 is 0 Å². The molecule has 0 aliphatic rings. The molecular weight excluding hydrogens is 230 g/mol. The summed E-state index contributed by atoms with van der Waals surface area (Å²) in [5, 5.41) is 8.52. The predicted octanol–water partition coefficient (Wildman–Crippen LogP) is 2.99. The zero-order valence-electron chi connectivity index (χ0n) is 7.33. The van der Waals surface area contributed by atoms with E-state index >= 15 is 0 Å². The van der Waals surface area contributed by atoms with Crippen LogP contribution in [0.15, 0.2) is 28.7 Å². The lowest BCUT2D eigenvalue weighted by Gasteiger charge is -2.06. The lowest BCUT2D eigenvalue weighted by Crippen LogP contribution is -2.05. The highest BCUT2D eigenvalue weighted by Gasteiger charge is 2.00. The molecule has 68 valence electrons. The van der Waals surface area contributed by atoms with Crippen molar-refractivity contribution in [1.82, 2.24) is 0 Å². The van der Waals surface area contributed by atoms with Crippen molar-refractivity contribution in [2.45, 2.75) is 6.92 Å². The molecule has 13 heavy (non-hydrogen) atoms. The molecule has 0 aromatic heterocycles. The van der Waals surface area contributed by atoms with Gasteiger partial charge in [-0.25, -0.2) is 0 Å². The summed E-state index contributed by atoms with van der Waals surface area (Å²) < 4.78 is 6.39. The van der Waals surface area contributed by atoms with Crippen molar-refractivity contribution in [3.63, 3.8) is 0 Å². The van der Waals surface area contributed by atoms with E-state index in [1.807, 2.05) is 31.2 Å². The van der Waals surface area contributed by atoms with Crippen LogP contribution >= 0.6 is 15.9 Å². The van der Waals surface area contributed by atoms with E-state index in [2.05, 4.69) is 22.0 Å². The maximum absolute atomic E-state index is 8.52. The molecule has 0 radical (unpaired) electrons. The zero-order chi connectivity index (χ0) is 9.68. The maximum Gasteiger partial charge on any atom is 0.119 e. The Morgan fingerprint density at radius 1 is 1.46 bits per heavy atom. The fourth-order valence-corrected chi connectivity index (χ4v) is 1.05. The molecule has 0 saturated carbocycles. The Balaban J connectivity index is 2.47. The summed E-state index contributed by atoms with van der Waals surface area (Å²) in [4.78, 5) is 0. The van der Waals surface area contributed by atoms with Gasteiger partial charge in [0.1, 0.15) is 12.4 Å². The van der Waals surface area contributed by atoms with Gasteiger partial charge in [-0.15, -0.1) is 0 Å². The van der Waals surface area contributed by atoms with Crippen LogP contribution in [0.2, 0.25) is 0 Å². The second kappa shape index (κ2) is 4.88. The van der Waals surface area contributed by atoms with Crippen LogP contribution < -0.4 is 4.74 Å². The first-order valence-electron chi connectivity index (χ1n) is 4.00. The number of nitrogens with zero attached hydrogens (tertiary/aromatic N) is 1. The van der Waals surface area contributed by atoms with Crippen LogP contribution in [0.25, 0.3) is 0 Å². The Morgan fingerprint density at radius 2 is 2.08 bits per heavy atom. The van der Waals surface area contributed by atoms with Gasteiger partial charge in [0.15, 0.2) is 0 Å². The topological polar surface area (TPSA) is 33.0 Å². The maximum atomic E-state index is 8.52. The molecule has 2 nitrogen and oxygen atoms in total. The Labute approximate surface area is 86.3 Å². The molecule has 0 spiro atoms. The van der Waals surface area contributed by atoms with Crippen LogP contribution in [0.4, 0.5) is 0 Å². The standard InChI is InChI=1S/C10H10BrNO/c1-8(6-12)7-13-10-4-2-9(11)3-5-10/h2-5,8H,7H2,1H3. The van der Waals surface area contributed by atoms with Crippen molar-refractivity contribution < 1.29 is 4.74 Å². The van der Waals surface area contributed by atoms with E-state index < -0.39 is 0 Å². The Bertz CT molecular complexity index is 302. The Kier molecular flexibility index (Phi) is 3.78. The highest BCUT2D eigenvalue weighted by atomic mass is 79.9. The fraction of sp³-hybridized carbons (Fsp3) is 0.300. The number of nitriles is 1. The highest BCUT2D eigenvalue weighted by molar-refractivity contribution is 9.10. The van der Waals surface area contributed by atoms with Gasteiger partial charge in [0, 0.05) is 4.47 Å². The zero-order valence-corrected chi connectivity index (χ0v) is 8.91. The predicted molar refractivity (Wildman–Crippen MR) is 54.4 cm³/mol. The van der Waals surface area contributed by atoms with E-state index in [4.69, 9.17) is 10.00 Å². The summed E-state index contributed by atoms with van der Waals surface area (Å²) in [5.41, 5.74) is 0. The summed E-state index contributed by atoms with van der Waals surface area (Å²) >= 11 is 3.33. The lowest BCUT2D eigenvalue weighted by molar-refractivity contribution is 0.288. The smallest absolute Gasteiger partial charge is 0.119 e. The van der Waals surface area contributed by atoms with Crippen LogP contribution in [-0.4, -0.2) is 6.61 Å². The van der Waals surface area contributed by atoms with E-state index in [1.54, 1.807) is 0 Å². The SMILES string of the molecule is CC(C#N)COc1ccc(Br)cc1. The molecule has 0 amide bonds. The Hall–Kier alpha value is -1.01. The molecule has 0 N–H and O–H groups in total. The summed E-state index contributed by atoms with van der Waals surface area (Å²) in [6.45, 7) is 2.27. The normalized spacial score (nSPS) is 11.8. The number of rotatable bonds is 3. The van der Waals surface area contributed by atoms with Gasteiger partial charge in [0.2, 0.25) is 0 Å². The molecule has 1 aromatic rings. The molecule has 0 heterocycles. The van der Waals surface area contributed by atoms with Crippen LogP contribution in [-0.2, 0) is 0 Å². The largest absolute Gasteiger partial charge is 0.492 e. The number of halogens is 1. The average molecular weight is 240 g/mol. The van der Waals surface area contributed by atoms with Gasteiger partial charge in [0.05, 0.1) is 12.0 Å².